The van der Waals surface area contributed by atoms with Crippen molar-refractivity contribution in [3.8, 4) is 0 Å². The molecule has 74 valence electrons. The highest BCUT2D eigenvalue weighted by Crippen LogP contribution is 2.03. The molecule has 0 saturated carbocycles. The fraction of sp³-hybridized carbons (Fsp3) is 1.00. The fourth-order valence-corrected chi connectivity index (χ4v) is 0.671. The topological polar surface area (TPSA) is 121 Å². The maximum Gasteiger partial charge on any atom is 0.111 e. The van der Waals surface area contributed by atoms with Gasteiger partial charge in [-0.05, 0) is 0 Å². The molecule has 6 heteroatoms. The Morgan fingerprint density at radius 3 is 1.08 bits per heavy atom. The Balaban J connectivity index is 3.99. The average molecular weight is 182 g/mol. The molecule has 4 atom stereocenters. The first-order chi connectivity index (χ1) is 5.54. The van der Waals surface area contributed by atoms with Crippen LogP contribution in [0, 0.1) is 0 Å². The SMILES string of the molecule is OCC(O)[C@@H](O)[C@H](O)C(O)CO. The molecule has 0 aliphatic heterocycles. The van der Waals surface area contributed by atoms with Gasteiger partial charge in [-0.2, -0.15) is 0 Å². The van der Waals surface area contributed by atoms with Gasteiger partial charge in [-0.15, -0.1) is 0 Å². The lowest BCUT2D eigenvalue weighted by atomic mass is 10.0. The third-order valence-corrected chi connectivity index (χ3v) is 1.51. The van der Waals surface area contributed by atoms with Crippen LogP contribution < -0.4 is 0 Å². The zero-order valence-corrected chi connectivity index (χ0v) is 6.41. The molecule has 0 fully saturated rings. The molecule has 0 rings (SSSR count). The van der Waals surface area contributed by atoms with Gasteiger partial charge < -0.3 is 30.6 Å². The van der Waals surface area contributed by atoms with Crippen molar-refractivity contribution in [1.82, 2.24) is 0 Å². The molecule has 0 bridgehead atoms. The van der Waals surface area contributed by atoms with Crippen molar-refractivity contribution in [3.63, 3.8) is 0 Å². The second kappa shape index (κ2) is 5.41. The molecule has 0 aliphatic rings. The Morgan fingerprint density at radius 2 is 0.917 bits per heavy atom. The summed E-state index contributed by atoms with van der Waals surface area (Å²) in [5, 5.41) is 52.2. The maximum absolute atomic E-state index is 8.96. The van der Waals surface area contributed by atoms with E-state index in [0.717, 1.165) is 0 Å². The van der Waals surface area contributed by atoms with Crippen LogP contribution in [0.4, 0.5) is 0 Å². The van der Waals surface area contributed by atoms with E-state index in [0.29, 0.717) is 0 Å². The Kier molecular flexibility index (Phi) is 5.31. The van der Waals surface area contributed by atoms with Gasteiger partial charge in [0.15, 0.2) is 0 Å². The van der Waals surface area contributed by atoms with Crippen LogP contribution >= 0.6 is 0 Å². The van der Waals surface area contributed by atoms with E-state index < -0.39 is 37.6 Å². The van der Waals surface area contributed by atoms with Gasteiger partial charge in [0.25, 0.3) is 0 Å². The number of rotatable bonds is 5. The Hall–Kier alpha value is -0.240. The summed E-state index contributed by atoms with van der Waals surface area (Å²) in [6, 6.07) is 0. The van der Waals surface area contributed by atoms with Crippen LogP contribution in [-0.2, 0) is 0 Å². The highest BCUT2D eigenvalue weighted by Gasteiger charge is 2.29. The normalized spacial score (nSPS) is 21.5. The van der Waals surface area contributed by atoms with E-state index >= 15 is 0 Å². The summed E-state index contributed by atoms with van der Waals surface area (Å²) in [6.45, 7) is -1.45. The van der Waals surface area contributed by atoms with Gasteiger partial charge >= 0.3 is 0 Å². The Morgan fingerprint density at radius 1 is 0.667 bits per heavy atom. The van der Waals surface area contributed by atoms with Gasteiger partial charge in [-0.3, -0.25) is 0 Å². The van der Waals surface area contributed by atoms with Crippen molar-refractivity contribution in [3.05, 3.63) is 0 Å². The van der Waals surface area contributed by atoms with E-state index in [1.807, 2.05) is 0 Å². The number of aliphatic hydroxyl groups is 6. The lowest BCUT2D eigenvalue weighted by molar-refractivity contribution is -0.123. The molecular formula is C6H14O6. The predicted octanol–water partition coefficient (Wildman–Crippen LogP) is -3.59. The standard InChI is InChI=1S/C6H14O6/c7-1-3(9)5(11)6(12)4(10)2-8/h3-12H,1-2H2/t3?,4?,5-,6-/m1/s1. The second-order valence-corrected chi connectivity index (χ2v) is 2.48. The van der Waals surface area contributed by atoms with Crippen molar-refractivity contribution < 1.29 is 30.6 Å². The molecule has 6 N–H and O–H groups in total. The molecule has 12 heavy (non-hydrogen) atoms. The summed E-state index contributed by atoms with van der Waals surface area (Å²) in [5.41, 5.74) is 0. The fourth-order valence-electron chi connectivity index (χ4n) is 0.671. The monoisotopic (exact) mass is 182 g/mol. The van der Waals surface area contributed by atoms with Crippen LogP contribution in [0.5, 0.6) is 0 Å². The van der Waals surface area contributed by atoms with Gasteiger partial charge in [0.1, 0.15) is 24.4 Å². The largest absolute Gasteiger partial charge is 0.394 e. The molecule has 0 spiro atoms. The third kappa shape index (κ3) is 3.02. The van der Waals surface area contributed by atoms with Crippen molar-refractivity contribution in [2.45, 2.75) is 24.4 Å². The first-order valence-electron chi connectivity index (χ1n) is 3.48. The van der Waals surface area contributed by atoms with Gasteiger partial charge in [0.2, 0.25) is 0 Å². The van der Waals surface area contributed by atoms with Crippen LogP contribution in [0.15, 0.2) is 0 Å². The second-order valence-electron chi connectivity index (χ2n) is 2.48. The summed E-state index contributed by atoms with van der Waals surface area (Å²) in [5.74, 6) is 0. The number of hydrogen-bond acceptors (Lipinski definition) is 6. The molecule has 0 aromatic rings. The minimum atomic E-state index is -1.67. The summed E-state index contributed by atoms with van der Waals surface area (Å²) < 4.78 is 0. The van der Waals surface area contributed by atoms with E-state index in [4.69, 9.17) is 30.6 Å². The number of hydrogen-bond donors (Lipinski definition) is 6. The number of aliphatic hydroxyl groups excluding tert-OH is 6. The Bertz CT molecular complexity index is 105. The molecule has 0 aliphatic carbocycles. The summed E-state index contributed by atoms with van der Waals surface area (Å²) >= 11 is 0. The van der Waals surface area contributed by atoms with Crippen LogP contribution in [0.25, 0.3) is 0 Å². The van der Waals surface area contributed by atoms with Crippen molar-refractivity contribution in [1.29, 1.82) is 0 Å². The van der Waals surface area contributed by atoms with Gasteiger partial charge in [-0.1, -0.05) is 0 Å². The van der Waals surface area contributed by atoms with Crippen molar-refractivity contribution >= 4 is 0 Å². The van der Waals surface area contributed by atoms with Crippen LogP contribution in [-0.4, -0.2) is 68.3 Å². The molecule has 0 saturated heterocycles. The average Bonchev–Trinajstić information content (AvgIpc) is 2.12. The van der Waals surface area contributed by atoms with Crippen LogP contribution in [0.3, 0.4) is 0 Å². The van der Waals surface area contributed by atoms with Gasteiger partial charge in [0, 0.05) is 0 Å². The predicted molar refractivity (Wildman–Crippen MR) is 38.2 cm³/mol. The molecule has 0 aromatic carbocycles. The zero-order chi connectivity index (χ0) is 9.72. The summed E-state index contributed by atoms with van der Waals surface area (Å²) in [7, 11) is 0. The smallest absolute Gasteiger partial charge is 0.111 e. The minimum Gasteiger partial charge on any atom is -0.394 e. The Labute approximate surface area is 69.3 Å². The lowest BCUT2D eigenvalue weighted by Gasteiger charge is -2.24. The first kappa shape index (κ1) is 11.8. The zero-order valence-electron chi connectivity index (χ0n) is 6.41. The van der Waals surface area contributed by atoms with Gasteiger partial charge in [-0.25, -0.2) is 0 Å². The van der Waals surface area contributed by atoms with Crippen molar-refractivity contribution in [2.75, 3.05) is 13.2 Å². The molecular weight excluding hydrogens is 168 g/mol. The quantitative estimate of drug-likeness (QED) is 0.261. The van der Waals surface area contributed by atoms with E-state index in [-0.39, 0.29) is 0 Å². The molecule has 2 unspecified atom stereocenters. The molecule has 6 nitrogen and oxygen atoms in total. The highest BCUT2D eigenvalue weighted by molar-refractivity contribution is 4.79. The van der Waals surface area contributed by atoms with E-state index in [1.165, 1.54) is 0 Å². The first-order valence-corrected chi connectivity index (χ1v) is 3.48. The third-order valence-electron chi connectivity index (χ3n) is 1.51. The molecule has 0 heterocycles. The molecule has 0 radical (unpaired) electrons. The molecule has 0 aromatic heterocycles. The minimum absolute atomic E-state index is 0.726. The maximum atomic E-state index is 8.96. The lowest BCUT2D eigenvalue weighted by Crippen LogP contribution is -2.46. The summed E-state index contributed by atoms with van der Waals surface area (Å²) in [4.78, 5) is 0. The van der Waals surface area contributed by atoms with E-state index in [1.54, 1.807) is 0 Å². The summed E-state index contributed by atoms with van der Waals surface area (Å²) in [6.07, 6.45) is -6.39. The van der Waals surface area contributed by atoms with Crippen LogP contribution in [0.1, 0.15) is 0 Å². The van der Waals surface area contributed by atoms with E-state index in [2.05, 4.69) is 0 Å². The van der Waals surface area contributed by atoms with Crippen molar-refractivity contribution in [2.24, 2.45) is 0 Å². The highest BCUT2D eigenvalue weighted by atomic mass is 16.4. The van der Waals surface area contributed by atoms with Crippen LogP contribution in [0.2, 0.25) is 0 Å². The molecule has 0 amide bonds. The van der Waals surface area contributed by atoms with E-state index in [9.17, 15) is 0 Å². The van der Waals surface area contributed by atoms with Gasteiger partial charge in [0.05, 0.1) is 13.2 Å².